The van der Waals surface area contributed by atoms with E-state index in [9.17, 15) is 24.6 Å². The lowest BCUT2D eigenvalue weighted by molar-refractivity contribution is -0.144. The Hall–Kier alpha value is -4.62. The van der Waals surface area contributed by atoms with E-state index in [0.717, 1.165) is 10.5 Å². The molecule has 0 saturated heterocycles. The number of nitrogen functional groups attached to an aromatic ring is 1. The van der Waals surface area contributed by atoms with Gasteiger partial charge in [0, 0.05) is 13.1 Å². The monoisotopic (exact) mass is 515 g/mol. The van der Waals surface area contributed by atoms with Crippen molar-refractivity contribution in [3.05, 3.63) is 36.2 Å². The molecule has 0 fully saturated rings. The summed E-state index contributed by atoms with van der Waals surface area (Å²) >= 11 is 0. The van der Waals surface area contributed by atoms with Crippen LogP contribution in [0.15, 0.2) is 30.6 Å². The van der Waals surface area contributed by atoms with Crippen molar-refractivity contribution < 1.29 is 34.1 Å². The predicted octanol–water partition coefficient (Wildman–Crippen LogP) is 1.13. The van der Waals surface area contributed by atoms with Gasteiger partial charge in [0.2, 0.25) is 17.7 Å². The summed E-state index contributed by atoms with van der Waals surface area (Å²) in [7, 11) is 0. The summed E-state index contributed by atoms with van der Waals surface area (Å²) in [6.07, 6.45) is 0.671. The Morgan fingerprint density at radius 2 is 1.86 bits per heavy atom. The number of phenols is 1. The average Bonchev–Trinajstić information content (AvgIpc) is 3.18. The first-order valence-corrected chi connectivity index (χ1v) is 11.3. The van der Waals surface area contributed by atoms with Crippen LogP contribution in [0, 0.1) is 0 Å². The zero-order valence-corrected chi connectivity index (χ0v) is 20.7. The molecule has 0 aliphatic heterocycles. The summed E-state index contributed by atoms with van der Waals surface area (Å²) in [6.45, 7) is 4.32. The van der Waals surface area contributed by atoms with Gasteiger partial charge in [0.05, 0.1) is 6.33 Å². The summed E-state index contributed by atoms with van der Waals surface area (Å²) in [5.74, 6) is -1.63. The zero-order chi connectivity index (χ0) is 27.2. The van der Waals surface area contributed by atoms with Crippen molar-refractivity contribution in [3.63, 3.8) is 0 Å². The lowest BCUT2D eigenvalue weighted by Gasteiger charge is -2.23. The van der Waals surface area contributed by atoms with E-state index in [-0.39, 0.29) is 55.0 Å². The number of carbonyl (C=O) groups is 3. The molecule has 0 bridgehead atoms. The Labute approximate surface area is 212 Å². The number of aliphatic carboxylic acids is 1. The molecule has 14 heteroatoms. The fraction of sp³-hybridized carbons (Fsp3) is 0.391. The van der Waals surface area contributed by atoms with Crippen molar-refractivity contribution in [3.8, 4) is 11.6 Å². The maximum atomic E-state index is 12.9. The van der Waals surface area contributed by atoms with E-state index in [2.05, 4.69) is 20.3 Å². The summed E-state index contributed by atoms with van der Waals surface area (Å²) < 4.78 is 12.3. The van der Waals surface area contributed by atoms with E-state index in [1.807, 2.05) is 0 Å². The van der Waals surface area contributed by atoms with Gasteiger partial charge in [0.15, 0.2) is 11.2 Å². The molecule has 1 aromatic carbocycles. The molecule has 37 heavy (non-hydrogen) atoms. The summed E-state index contributed by atoms with van der Waals surface area (Å²) in [5, 5.41) is 21.2. The van der Waals surface area contributed by atoms with Crippen molar-refractivity contribution in [2.75, 3.05) is 25.4 Å². The number of carboxylic acid groups (broad SMARTS) is 1. The number of nitrogens with one attached hydrogen (secondary N) is 1. The molecule has 14 nitrogen and oxygen atoms in total. The summed E-state index contributed by atoms with van der Waals surface area (Å²) in [5.41, 5.74) is 6.39. The minimum Gasteiger partial charge on any atom is -0.508 e. The number of benzene rings is 1. The Bertz CT molecular complexity index is 1270. The third kappa shape index (κ3) is 7.95. The molecule has 0 radical (unpaired) electrons. The van der Waals surface area contributed by atoms with Crippen molar-refractivity contribution in [1.29, 1.82) is 0 Å². The molecule has 0 aliphatic rings. The highest BCUT2D eigenvalue weighted by Gasteiger charge is 2.21. The van der Waals surface area contributed by atoms with Crippen LogP contribution >= 0.6 is 0 Å². The maximum Gasteiger partial charge on any atom is 0.407 e. The zero-order valence-electron chi connectivity index (χ0n) is 20.7. The SMILES string of the molecule is CC(C)(C)OC(=O)NCCN(CC(=O)O)C(=O)Cn1cnc2c(OCc3ccc(O)cc3)nc(N)nc21. The minimum absolute atomic E-state index is 0.0109. The fourth-order valence-electron chi connectivity index (χ4n) is 3.20. The number of rotatable bonds is 10. The fourth-order valence-corrected chi connectivity index (χ4v) is 3.20. The number of nitrogens with two attached hydrogens (primary N) is 1. The molecule has 0 unspecified atom stereocenters. The largest absolute Gasteiger partial charge is 0.508 e. The molecule has 2 amide bonds. The molecule has 198 valence electrons. The van der Waals surface area contributed by atoms with Crippen molar-refractivity contribution in [1.82, 2.24) is 29.7 Å². The number of carboxylic acids is 1. The van der Waals surface area contributed by atoms with Crippen LogP contribution in [0.3, 0.4) is 0 Å². The van der Waals surface area contributed by atoms with Crippen molar-refractivity contribution in [2.45, 2.75) is 39.5 Å². The normalized spacial score (nSPS) is 11.2. The third-order valence-electron chi connectivity index (χ3n) is 4.80. The van der Waals surface area contributed by atoms with Gasteiger partial charge < -0.3 is 40.2 Å². The van der Waals surface area contributed by atoms with E-state index in [4.69, 9.17) is 15.2 Å². The Balaban J connectivity index is 1.70. The third-order valence-corrected chi connectivity index (χ3v) is 4.80. The molecule has 3 rings (SSSR count). The van der Waals surface area contributed by atoms with Gasteiger partial charge in [-0.1, -0.05) is 12.1 Å². The number of alkyl carbamates (subject to hydrolysis) is 1. The van der Waals surface area contributed by atoms with Gasteiger partial charge in [0.25, 0.3) is 0 Å². The highest BCUT2D eigenvalue weighted by Crippen LogP contribution is 2.23. The number of phenolic OH excluding ortho intramolecular Hbond substituents is 1. The van der Waals surface area contributed by atoms with Gasteiger partial charge in [-0.15, -0.1) is 0 Å². The van der Waals surface area contributed by atoms with Crippen LogP contribution in [-0.4, -0.2) is 77.8 Å². The number of aromatic hydroxyl groups is 1. The Morgan fingerprint density at radius 3 is 2.51 bits per heavy atom. The molecule has 2 heterocycles. The number of fused-ring (bicyclic) bond motifs is 1. The highest BCUT2D eigenvalue weighted by molar-refractivity contribution is 5.84. The van der Waals surface area contributed by atoms with Gasteiger partial charge in [-0.3, -0.25) is 9.59 Å². The Morgan fingerprint density at radius 1 is 1.16 bits per heavy atom. The molecular formula is C23H29N7O7. The van der Waals surface area contributed by atoms with E-state index < -0.39 is 30.1 Å². The van der Waals surface area contributed by atoms with Crippen molar-refractivity contribution in [2.24, 2.45) is 0 Å². The van der Waals surface area contributed by atoms with Gasteiger partial charge in [-0.2, -0.15) is 9.97 Å². The number of nitrogens with zero attached hydrogens (tertiary/aromatic N) is 5. The van der Waals surface area contributed by atoms with E-state index in [1.54, 1.807) is 32.9 Å². The molecule has 2 aromatic heterocycles. The van der Waals surface area contributed by atoms with E-state index >= 15 is 0 Å². The lowest BCUT2D eigenvalue weighted by Crippen LogP contribution is -2.43. The predicted molar refractivity (Wildman–Crippen MR) is 131 cm³/mol. The first-order valence-electron chi connectivity index (χ1n) is 11.3. The molecule has 0 saturated carbocycles. The van der Waals surface area contributed by atoms with Crippen LogP contribution in [0.4, 0.5) is 10.7 Å². The molecule has 0 spiro atoms. The molecule has 5 N–H and O–H groups in total. The highest BCUT2D eigenvalue weighted by atomic mass is 16.6. The second kappa shape index (κ2) is 11.4. The van der Waals surface area contributed by atoms with E-state index in [0.29, 0.717) is 0 Å². The average molecular weight is 516 g/mol. The van der Waals surface area contributed by atoms with Crippen LogP contribution < -0.4 is 15.8 Å². The number of hydrogen-bond acceptors (Lipinski definition) is 10. The number of ether oxygens (including phenoxy) is 2. The maximum absolute atomic E-state index is 12.9. The smallest absolute Gasteiger partial charge is 0.407 e. The lowest BCUT2D eigenvalue weighted by atomic mass is 10.2. The Kier molecular flexibility index (Phi) is 8.32. The summed E-state index contributed by atoms with van der Waals surface area (Å²) in [4.78, 5) is 49.7. The van der Waals surface area contributed by atoms with Gasteiger partial charge in [-0.05, 0) is 38.5 Å². The van der Waals surface area contributed by atoms with Gasteiger partial charge in [-0.25, -0.2) is 9.78 Å². The standard InChI is InChI=1S/C23H29N7O7/c1-23(2,3)37-22(35)25-8-9-29(11-17(33)34)16(32)10-30-13-26-18-19(30)27-21(24)28-20(18)36-12-14-4-6-15(31)7-5-14/h4-7,13,31H,8-12H2,1-3H3,(H,25,35)(H,33,34)(H2,24,27,28). The number of imidazole rings is 1. The van der Waals surface area contributed by atoms with Crippen LogP contribution in [0.2, 0.25) is 0 Å². The second-order valence-electron chi connectivity index (χ2n) is 9.02. The second-order valence-corrected chi connectivity index (χ2v) is 9.02. The molecule has 0 aliphatic carbocycles. The van der Waals surface area contributed by atoms with Crippen molar-refractivity contribution >= 4 is 35.1 Å². The quantitative estimate of drug-likeness (QED) is 0.302. The minimum atomic E-state index is -1.21. The van der Waals surface area contributed by atoms with E-state index in [1.165, 1.54) is 23.0 Å². The molecule has 3 aromatic rings. The number of amides is 2. The molecular weight excluding hydrogens is 486 g/mol. The number of carbonyl (C=O) groups excluding carboxylic acids is 2. The van der Waals surface area contributed by atoms with Gasteiger partial charge in [0.1, 0.15) is 31.0 Å². The number of hydrogen-bond donors (Lipinski definition) is 4. The molecule has 0 atom stereocenters. The van der Waals surface area contributed by atoms with Crippen LogP contribution in [0.25, 0.3) is 11.2 Å². The van der Waals surface area contributed by atoms with Crippen LogP contribution in [0.5, 0.6) is 11.6 Å². The van der Waals surface area contributed by atoms with Gasteiger partial charge >= 0.3 is 12.1 Å². The first-order chi connectivity index (χ1) is 17.4. The number of aromatic nitrogens is 4. The van der Waals surface area contributed by atoms with Crippen LogP contribution in [-0.2, 0) is 27.5 Å². The number of anilines is 1. The summed E-state index contributed by atoms with van der Waals surface area (Å²) in [6, 6.07) is 6.41. The topological polar surface area (TPSA) is 195 Å². The first kappa shape index (κ1) is 27.0. The van der Waals surface area contributed by atoms with Crippen LogP contribution in [0.1, 0.15) is 26.3 Å².